The third-order valence-corrected chi connectivity index (χ3v) is 3.49. The van der Waals surface area contributed by atoms with Crippen LogP contribution in [0.1, 0.15) is 48.8 Å². The van der Waals surface area contributed by atoms with E-state index < -0.39 is 0 Å². The second-order valence-corrected chi connectivity index (χ2v) is 4.60. The minimum absolute atomic E-state index is 0.184. The first kappa shape index (κ1) is 11.4. The van der Waals surface area contributed by atoms with Gasteiger partial charge in [-0.3, -0.25) is 4.79 Å². The van der Waals surface area contributed by atoms with Crippen LogP contribution in [-0.4, -0.2) is 5.78 Å². The van der Waals surface area contributed by atoms with Gasteiger partial charge in [0.15, 0.2) is 5.78 Å². The summed E-state index contributed by atoms with van der Waals surface area (Å²) in [6.07, 6.45) is 3.04. The third-order valence-electron chi connectivity index (χ3n) is 2.52. The molecule has 0 aliphatic carbocycles. The van der Waals surface area contributed by atoms with Gasteiger partial charge in [0.2, 0.25) is 0 Å². The first-order valence-corrected chi connectivity index (χ1v) is 6.19. The second-order valence-electron chi connectivity index (χ2n) is 3.68. The lowest BCUT2D eigenvalue weighted by Crippen LogP contribution is -2.10. The molecule has 0 spiro atoms. The van der Waals surface area contributed by atoms with Crippen LogP contribution < -0.4 is 0 Å². The number of hydrogen-bond acceptors (Lipinski definition) is 2. The summed E-state index contributed by atoms with van der Waals surface area (Å²) in [5.74, 6) is 0.516. The molecule has 1 aromatic heterocycles. The number of ketones is 1. The number of rotatable bonds is 5. The molecular weight excluding hydrogens is 192 g/mol. The number of carbonyl (C=O) groups is 1. The second kappa shape index (κ2) is 5.30. The summed E-state index contributed by atoms with van der Waals surface area (Å²) in [7, 11) is 0. The van der Waals surface area contributed by atoms with Crippen molar-refractivity contribution in [3.63, 3.8) is 0 Å². The molecule has 1 unspecified atom stereocenters. The Morgan fingerprint density at radius 2 is 2.21 bits per heavy atom. The van der Waals surface area contributed by atoms with Crippen LogP contribution in [0.3, 0.4) is 0 Å². The molecule has 0 fully saturated rings. The molecule has 0 amide bonds. The molecule has 0 radical (unpaired) electrons. The Morgan fingerprint density at radius 3 is 2.79 bits per heavy atom. The summed E-state index contributed by atoms with van der Waals surface area (Å²) in [5, 5.41) is 2.02. The van der Waals surface area contributed by atoms with E-state index in [9.17, 15) is 4.79 Å². The van der Waals surface area contributed by atoms with Crippen molar-refractivity contribution in [2.24, 2.45) is 5.92 Å². The summed E-state index contributed by atoms with van der Waals surface area (Å²) in [5.41, 5.74) is 1.21. The highest BCUT2D eigenvalue weighted by Crippen LogP contribution is 2.22. The molecule has 1 atom stereocenters. The van der Waals surface area contributed by atoms with Crippen LogP contribution in [-0.2, 0) is 6.42 Å². The topological polar surface area (TPSA) is 17.1 Å². The molecule has 78 valence electrons. The van der Waals surface area contributed by atoms with Crippen molar-refractivity contribution in [1.82, 2.24) is 0 Å². The average molecular weight is 210 g/mol. The standard InChI is InChI=1S/C12H18OS/c1-4-6-9(3)11(13)12-10(5-2)7-8-14-12/h7-9H,4-6H2,1-3H3. The van der Waals surface area contributed by atoms with Gasteiger partial charge in [-0.15, -0.1) is 11.3 Å². The van der Waals surface area contributed by atoms with E-state index in [2.05, 4.69) is 19.9 Å². The zero-order valence-electron chi connectivity index (χ0n) is 9.17. The van der Waals surface area contributed by atoms with Gasteiger partial charge in [0.25, 0.3) is 0 Å². The van der Waals surface area contributed by atoms with E-state index in [1.807, 2.05) is 12.3 Å². The van der Waals surface area contributed by atoms with Crippen LogP contribution >= 0.6 is 11.3 Å². The summed E-state index contributed by atoms with van der Waals surface area (Å²) in [4.78, 5) is 13.0. The van der Waals surface area contributed by atoms with Crippen LogP contribution in [0.4, 0.5) is 0 Å². The molecule has 2 heteroatoms. The number of aryl methyl sites for hydroxylation is 1. The molecule has 14 heavy (non-hydrogen) atoms. The fraction of sp³-hybridized carbons (Fsp3) is 0.583. The van der Waals surface area contributed by atoms with Crippen molar-refractivity contribution in [2.75, 3.05) is 0 Å². The van der Waals surface area contributed by atoms with Gasteiger partial charge < -0.3 is 0 Å². The fourth-order valence-corrected chi connectivity index (χ4v) is 2.67. The highest BCUT2D eigenvalue weighted by atomic mass is 32.1. The Hall–Kier alpha value is -0.630. The van der Waals surface area contributed by atoms with E-state index in [1.54, 1.807) is 11.3 Å². The highest BCUT2D eigenvalue weighted by Gasteiger charge is 2.17. The summed E-state index contributed by atoms with van der Waals surface area (Å²) >= 11 is 1.59. The first-order chi connectivity index (χ1) is 6.70. The van der Waals surface area contributed by atoms with Gasteiger partial charge in [0, 0.05) is 5.92 Å². The molecule has 0 saturated carbocycles. The number of hydrogen-bond donors (Lipinski definition) is 0. The number of thiophene rings is 1. The maximum absolute atomic E-state index is 12.0. The smallest absolute Gasteiger partial charge is 0.175 e. The van der Waals surface area contributed by atoms with Gasteiger partial charge in [-0.05, 0) is 29.9 Å². The maximum Gasteiger partial charge on any atom is 0.175 e. The molecule has 1 rings (SSSR count). The monoisotopic (exact) mass is 210 g/mol. The minimum Gasteiger partial charge on any atom is -0.293 e. The van der Waals surface area contributed by atoms with E-state index in [4.69, 9.17) is 0 Å². The minimum atomic E-state index is 0.184. The molecule has 1 aromatic rings. The lowest BCUT2D eigenvalue weighted by Gasteiger charge is -2.08. The molecule has 0 aliphatic rings. The van der Waals surface area contributed by atoms with Gasteiger partial charge >= 0.3 is 0 Å². The molecule has 0 bridgehead atoms. The summed E-state index contributed by atoms with van der Waals surface area (Å²) < 4.78 is 0. The Labute approximate surface area is 90.2 Å². The molecule has 0 N–H and O–H groups in total. The van der Waals surface area contributed by atoms with Gasteiger partial charge in [-0.25, -0.2) is 0 Å². The van der Waals surface area contributed by atoms with Gasteiger partial charge in [-0.2, -0.15) is 0 Å². The quantitative estimate of drug-likeness (QED) is 0.673. The molecule has 0 aliphatic heterocycles. The Morgan fingerprint density at radius 1 is 1.50 bits per heavy atom. The van der Waals surface area contributed by atoms with Crippen molar-refractivity contribution in [3.8, 4) is 0 Å². The number of carbonyl (C=O) groups excluding carboxylic acids is 1. The van der Waals surface area contributed by atoms with E-state index >= 15 is 0 Å². The predicted molar refractivity (Wildman–Crippen MR) is 62.1 cm³/mol. The normalized spacial score (nSPS) is 12.8. The zero-order valence-corrected chi connectivity index (χ0v) is 9.99. The summed E-state index contributed by atoms with van der Waals surface area (Å²) in [6, 6.07) is 2.07. The van der Waals surface area contributed by atoms with Crippen molar-refractivity contribution in [2.45, 2.75) is 40.0 Å². The average Bonchev–Trinajstić information content (AvgIpc) is 2.64. The van der Waals surface area contributed by atoms with Gasteiger partial charge in [0.1, 0.15) is 0 Å². The van der Waals surface area contributed by atoms with Crippen LogP contribution in [0.25, 0.3) is 0 Å². The lowest BCUT2D eigenvalue weighted by atomic mass is 9.98. The van der Waals surface area contributed by atoms with Crippen LogP contribution in [0.15, 0.2) is 11.4 Å². The van der Waals surface area contributed by atoms with Gasteiger partial charge in [0.05, 0.1) is 4.88 Å². The van der Waals surface area contributed by atoms with E-state index in [1.165, 1.54) is 5.56 Å². The Kier molecular flexibility index (Phi) is 4.33. The van der Waals surface area contributed by atoms with Crippen molar-refractivity contribution in [1.29, 1.82) is 0 Å². The molecule has 1 heterocycles. The van der Waals surface area contributed by atoms with Crippen LogP contribution in [0.5, 0.6) is 0 Å². The Balaban J connectivity index is 2.78. The van der Waals surface area contributed by atoms with Crippen LogP contribution in [0, 0.1) is 5.92 Å². The lowest BCUT2D eigenvalue weighted by molar-refractivity contribution is 0.0927. The summed E-state index contributed by atoms with van der Waals surface area (Å²) in [6.45, 7) is 6.26. The fourth-order valence-electron chi connectivity index (χ4n) is 1.62. The zero-order chi connectivity index (χ0) is 10.6. The van der Waals surface area contributed by atoms with Crippen molar-refractivity contribution in [3.05, 3.63) is 21.9 Å². The molecule has 0 aromatic carbocycles. The maximum atomic E-state index is 12.0. The van der Waals surface area contributed by atoms with E-state index in [-0.39, 0.29) is 5.92 Å². The molecular formula is C12H18OS. The van der Waals surface area contributed by atoms with Gasteiger partial charge in [-0.1, -0.05) is 27.2 Å². The molecule has 0 saturated heterocycles. The van der Waals surface area contributed by atoms with Crippen molar-refractivity contribution >= 4 is 17.1 Å². The highest BCUT2D eigenvalue weighted by molar-refractivity contribution is 7.12. The SMILES string of the molecule is CCCC(C)C(=O)c1sccc1CC. The van der Waals surface area contributed by atoms with E-state index in [0.29, 0.717) is 5.78 Å². The Bertz CT molecular complexity index is 301. The largest absolute Gasteiger partial charge is 0.293 e. The first-order valence-electron chi connectivity index (χ1n) is 5.31. The van der Waals surface area contributed by atoms with E-state index in [0.717, 1.165) is 24.1 Å². The number of Topliss-reactive ketones (excluding diaryl/α,β-unsaturated/α-hetero) is 1. The third kappa shape index (κ3) is 2.44. The van der Waals surface area contributed by atoms with Crippen molar-refractivity contribution < 1.29 is 4.79 Å². The predicted octanol–water partition coefficient (Wildman–Crippen LogP) is 3.93. The molecule has 1 nitrogen and oxygen atoms in total. The van der Waals surface area contributed by atoms with Crippen LogP contribution in [0.2, 0.25) is 0 Å².